The lowest BCUT2D eigenvalue weighted by atomic mass is 9.99. The molecule has 1 unspecified atom stereocenters. The lowest BCUT2D eigenvalue weighted by molar-refractivity contribution is 0.0467. The van der Waals surface area contributed by atoms with Gasteiger partial charge in [-0.3, -0.25) is 14.5 Å². The summed E-state index contributed by atoms with van der Waals surface area (Å²) in [5.74, 6) is 0.0373. The van der Waals surface area contributed by atoms with Crippen molar-refractivity contribution in [1.82, 2.24) is 20.0 Å². The second kappa shape index (κ2) is 27.1. The summed E-state index contributed by atoms with van der Waals surface area (Å²) >= 11 is 0. The number of benzene rings is 4. The summed E-state index contributed by atoms with van der Waals surface area (Å²) < 4.78 is 93.3. The van der Waals surface area contributed by atoms with E-state index in [1.165, 1.54) is 66.9 Å². The first-order valence-corrected chi connectivity index (χ1v) is 24.7. The second-order valence-corrected chi connectivity index (χ2v) is 18.7. The van der Waals surface area contributed by atoms with E-state index in [-0.39, 0.29) is 48.1 Å². The van der Waals surface area contributed by atoms with Gasteiger partial charge < -0.3 is 48.3 Å². The van der Waals surface area contributed by atoms with Crippen LogP contribution in [0, 0.1) is 29.2 Å². The number of carbonyl (C=O) groups excluding carboxylic acids is 2. The number of methoxy groups -OCH3 is 6. The number of carbonyl (C=O) groups is 2. The number of hydrogen-bond acceptors (Lipinski definition) is 11. The van der Waals surface area contributed by atoms with Crippen LogP contribution in [0.2, 0.25) is 0 Å². The Balaban J connectivity index is 0.000000243. The fourth-order valence-electron chi connectivity index (χ4n) is 9.71. The molecule has 3 aliphatic heterocycles. The van der Waals surface area contributed by atoms with E-state index in [1.54, 1.807) is 46.2 Å². The van der Waals surface area contributed by atoms with Crippen molar-refractivity contribution in [1.29, 1.82) is 0 Å². The number of hydrogen-bond donors (Lipinski definition) is 1. The molecule has 4 aromatic rings. The van der Waals surface area contributed by atoms with Crippen LogP contribution in [0.5, 0.6) is 34.5 Å². The van der Waals surface area contributed by atoms with Gasteiger partial charge in [0.05, 0.1) is 42.7 Å². The SMILES string of the molecule is COc1cc(C(=O)N(C/C(C)=C/c2ccc(F)cc2F)CC2CCCN2)cc(OC)c1OC.COc1cc(C(=O)N(C/C(C)=C/c2ccc(F)cc2F)C[C@@H]2CCCN2CC2CCOCC2)cc(OC)c1OC. The Bertz CT molecular complexity index is 2510. The number of halogens is 4. The van der Waals surface area contributed by atoms with Gasteiger partial charge in [0.2, 0.25) is 11.5 Å². The maximum absolute atomic E-state index is 14.4. The van der Waals surface area contributed by atoms with Crippen LogP contribution in [0.15, 0.2) is 71.8 Å². The minimum Gasteiger partial charge on any atom is -0.493 e. The van der Waals surface area contributed by atoms with Crippen LogP contribution in [0.25, 0.3) is 12.2 Å². The van der Waals surface area contributed by atoms with Gasteiger partial charge in [-0.2, -0.15) is 0 Å². The predicted molar refractivity (Wildman–Crippen MR) is 273 cm³/mol. The van der Waals surface area contributed by atoms with Crippen LogP contribution in [-0.2, 0) is 4.74 Å². The Morgan fingerprint density at radius 1 is 0.630 bits per heavy atom. The average Bonchev–Trinajstić information content (AvgIpc) is 4.08. The molecule has 0 aromatic heterocycles. The van der Waals surface area contributed by atoms with Crippen LogP contribution in [0.3, 0.4) is 0 Å². The molecule has 13 nitrogen and oxygen atoms in total. The quantitative estimate of drug-likeness (QED) is 0.0853. The van der Waals surface area contributed by atoms with E-state index in [0.717, 1.165) is 94.7 Å². The maximum atomic E-state index is 14.4. The lowest BCUT2D eigenvalue weighted by Gasteiger charge is -2.34. The fraction of sp³-hybridized carbons (Fsp3) is 0.464. The maximum Gasteiger partial charge on any atom is 0.254 e. The van der Waals surface area contributed by atoms with Crippen molar-refractivity contribution in [3.63, 3.8) is 0 Å². The van der Waals surface area contributed by atoms with E-state index in [1.807, 2.05) is 13.8 Å². The Morgan fingerprint density at radius 3 is 1.51 bits per heavy atom. The molecule has 396 valence electrons. The Labute approximate surface area is 426 Å². The van der Waals surface area contributed by atoms with E-state index >= 15 is 0 Å². The Hall–Kier alpha value is -6.30. The minimum absolute atomic E-state index is 0.173. The summed E-state index contributed by atoms with van der Waals surface area (Å²) in [7, 11) is 9.04. The molecule has 3 aliphatic rings. The molecule has 2 amide bonds. The van der Waals surface area contributed by atoms with Gasteiger partial charge in [0, 0.05) is 92.4 Å². The smallest absolute Gasteiger partial charge is 0.254 e. The fourth-order valence-corrected chi connectivity index (χ4v) is 9.71. The van der Waals surface area contributed by atoms with E-state index in [2.05, 4.69) is 10.2 Å². The van der Waals surface area contributed by atoms with Gasteiger partial charge in [0.1, 0.15) is 23.3 Å². The van der Waals surface area contributed by atoms with Crippen molar-refractivity contribution < 1.29 is 60.3 Å². The van der Waals surface area contributed by atoms with Crippen LogP contribution in [0.1, 0.15) is 84.2 Å². The molecule has 7 rings (SSSR count). The summed E-state index contributed by atoms with van der Waals surface area (Å²) in [5.41, 5.74) is 2.89. The number of likely N-dealkylation sites (tertiary alicyclic amines) is 1. The molecule has 0 aliphatic carbocycles. The van der Waals surface area contributed by atoms with Crippen molar-refractivity contribution in [3.05, 3.63) is 117 Å². The highest BCUT2D eigenvalue weighted by molar-refractivity contribution is 5.96. The van der Waals surface area contributed by atoms with Gasteiger partial charge in [0.25, 0.3) is 11.8 Å². The molecular formula is C56H70F4N4O9. The Morgan fingerprint density at radius 2 is 1.10 bits per heavy atom. The molecule has 0 saturated carbocycles. The average molecular weight is 1020 g/mol. The third-order valence-electron chi connectivity index (χ3n) is 13.4. The summed E-state index contributed by atoms with van der Waals surface area (Å²) in [6.45, 7) is 9.78. The van der Waals surface area contributed by atoms with E-state index in [4.69, 9.17) is 33.2 Å². The van der Waals surface area contributed by atoms with Crippen LogP contribution >= 0.6 is 0 Å². The van der Waals surface area contributed by atoms with Crippen molar-refractivity contribution in [2.75, 3.05) is 102 Å². The monoisotopic (exact) mass is 1020 g/mol. The molecule has 73 heavy (non-hydrogen) atoms. The first kappa shape index (κ1) is 56.0. The zero-order valence-electron chi connectivity index (χ0n) is 43.3. The lowest BCUT2D eigenvalue weighted by Crippen LogP contribution is -2.45. The van der Waals surface area contributed by atoms with Gasteiger partial charge in [-0.25, -0.2) is 17.6 Å². The molecule has 0 spiro atoms. The van der Waals surface area contributed by atoms with Gasteiger partial charge in [0.15, 0.2) is 23.0 Å². The molecule has 3 fully saturated rings. The molecular weight excluding hydrogens is 949 g/mol. The highest BCUT2D eigenvalue weighted by Gasteiger charge is 2.32. The van der Waals surface area contributed by atoms with E-state index < -0.39 is 23.3 Å². The molecule has 1 N–H and O–H groups in total. The standard InChI is InChI=1S/C31H40F2N2O5.C25H30F2N2O4/c1-21(14-23-7-8-25(32)17-27(23)33)18-35(20-26-6-5-11-34(26)19-22-9-12-40-13-10-22)31(36)24-15-28(37-2)30(39-4)29(16-24)38-3;1-16(10-17-7-8-19(26)13-21(17)27)14-29(15-20-6-5-9-28-20)25(30)18-11-22(31-2)24(33-4)23(12-18)32-3/h7-8,14-17,22,26H,5-6,9-13,18-20H2,1-4H3;7-8,10-13,20,28H,5-6,9,14-15H2,1-4H3/b21-14+;16-10+/t26-;/m0./s1. The number of amides is 2. The number of nitrogens with one attached hydrogen (secondary N) is 1. The summed E-state index contributed by atoms with van der Waals surface area (Å²) in [5, 5.41) is 3.41. The first-order valence-electron chi connectivity index (χ1n) is 24.7. The zero-order chi connectivity index (χ0) is 52.6. The van der Waals surface area contributed by atoms with Gasteiger partial charge >= 0.3 is 0 Å². The normalized spacial score (nSPS) is 17.4. The highest BCUT2D eigenvalue weighted by Crippen LogP contribution is 2.40. The minimum atomic E-state index is -0.644. The Kier molecular flexibility index (Phi) is 20.8. The molecule has 4 aromatic carbocycles. The van der Waals surface area contributed by atoms with Gasteiger partial charge in [-0.15, -0.1) is 0 Å². The van der Waals surface area contributed by atoms with Crippen molar-refractivity contribution in [3.8, 4) is 34.5 Å². The topological polar surface area (TPSA) is 121 Å². The second-order valence-electron chi connectivity index (χ2n) is 18.7. The first-order chi connectivity index (χ1) is 35.2. The zero-order valence-corrected chi connectivity index (χ0v) is 43.3. The third-order valence-corrected chi connectivity index (χ3v) is 13.4. The summed E-state index contributed by atoms with van der Waals surface area (Å²) in [6, 6.07) is 13.9. The van der Waals surface area contributed by atoms with Crippen LogP contribution in [-0.4, -0.2) is 140 Å². The van der Waals surface area contributed by atoms with Crippen LogP contribution < -0.4 is 33.7 Å². The number of ether oxygens (including phenoxy) is 7. The van der Waals surface area contributed by atoms with Gasteiger partial charge in [-0.1, -0.05) is 23.3 Å². The molecule has 0 bridgehead atoms. The van der Waals surface area contributed by atoms with E-state index in [0.29, 0.717) is 64.6 Å². The molecule has 17 heteroatoms. The summed E-state index contributed by atoms with van der Waals surface area (Å²) in [6.07, 6.45) is 9.50. The van der Waals surface area contributed by atoms with Crippen molar-refractivity contribution in [2.45, 2.75) is 64.5 Å². The highest BCUT2D eigenvalue weighted by atomic mass is 19.1. The van der Waals surface area contributed by atoms with Crippen LogP contribution in [0.4, 0.5) is 17.6 Å². The van der Waals surface area contributed by atoms with Gasteiger partial charge in [-0.05, 0) is 120 Å². The molecule has 0 radical (unpaired) electrons. The molecule has 2 atom stereocenters. The molecule has 3 heterocycles. The van der Waals surface area contributed by atoms with E-state index in [9.17, 15) is 27.2 Å². The third kappa shape index (κ3) is 15.1. The summed E-state index contributed by atoms with van der Waals surface area (Å²) in [4.78, 5) is 33.6. The van der Waals surface area contributed by atoms with Crippen molar-refractivity contribution >= 4 is 24.0 Å². The number of rotatable bonds is 20. The number of nitrogens with zero attached hydrogens (tertiary/aromatic N) is 3. The largest absolute Gasteiger partial charge is 0.493 e. The molecule has 3 saturated heterocycles. The predicted octanol–water partition coefficient (Wildman–Crippen LogP) is 9.72. The van der Waals surface area contributed by atoms with Crippen molar-refractivity contribution in [2.24, 2.45) is 5.92 Å².